The molecule has 0 fully saturated rings. The van der Waals surface area contributed by atoms with Crippen LogP contribution in [-0.4, -0.2) is 22.1 Å². The van der Waals surface area contributed by atoms with Crippen molar-refractivity contribution in [1.82, 2.24) is 15.0 Å². The van der Waals surface area contributed by atoms with Gasteiger partial charge < -0.3 is 10.3 Å². The first-order chi connectivity index (χ1) is 8.67. The summed E-state index contributed by atoms with van der Waals surface area (Å²) in [6.45, 7) is 1.74. The number of halogens is 2. The van der Waals surface area contributed by atoms with Crippen LogP contribution in [0.5, 0.6) is 0 Å². The van der Waals surface area contributed by atoms with Crippen molar-refractivity contribution in [3.05, 3.63) is 46.0 Å². The van der Waals surface area contributed by atoms with Gasteiger partial charge in [-0.3, -0.25) is 4.90 Å². The molecule has 2 aromatic rings. The van der Waals surface area contributed by atoms with Gasteiger partial charge in [0.1, 0.15) is 0 Å². The van der Waals surface area contributed by atoms with E-state index in [4.69, 9.17) is 10.3 Å². The van der Waals surface area contributed by atoms with Crippen molar-refractivity contribution in [1.29, 1.82) is 0 Å². The molecule has 0 aliphatic rings. The lowest BCUT2D eigenvalue weighted by atomic mass is 10.2. The molecule has 19 heavy (non-hydrogen) atoms. The monoisotopic (exact) mass is 346 g/mol. The van der Waals surface area contributed by atoms with E-state index in [2.05, 4.69) is 43.1 Å². The molecule has 104 valence electrons. The molecule has 1 heterocycles. The summed E-state index contributed by atoms with van der Waals surface area (Å²) in [5.41, 5.74) is 6.65. The quantitative estimate of drug-likeness (QED) is 0.899. The average Bonchev–Trinajstić information content (AvgIpc) is 2.76. The highest BCUT2D eigenvalue weighted by Gasteiger charge is 2.08. The van der Waals surface area contributed by atoms with Crippen molar-refractivity contribution in [3.63, 3.8) is 0 Å². The van der Waals surface area contributed by atoms with Gasteiger partial charge in [0.15, 0.2) is 5.82 Å². The summed E-state index contributed by atoms with van der Waals surface area (Å²) < 4.78 is 6.05. The Morgan fingerprint density at radius 2 is 2.16 bits per heavy atom. The van der Waals surface area contributed by atoms with Crippen LogP contribution in [0.3, 0.4) is 0 Å². The maximum absolute atomic E-state index is 5.42. The molecular weight excluding hydrogens is 332 g/mol. The van der Waals surface area contributed by atoms with Crippen LogP contribution in [0, 0.1) is 0 Å². The van der Waals surface area contributed by atoms with E-state index in [-0.39, 0.29) is 19.0 Å². The van der Waals surface area contributed by atoms with Crippen molar-refractivity contribution in [2.24, 2.45) is 5.73 Å². The largest absolute Gasteiger partial charge is 0.338 e. The second kappa shape index (κ2) is 7.59. The smallest absolute Gasteiger partial charge is 0.240 e. The highest BCUT2D eigenvalue weighted by atomic mass is 79.9. The Labute approximate surface area is 126 Å². The SMILES string of the molecule is CN(Cc1cccc(Br)c1)Cc1noc(CN)n1.Cl. The lowest BCUT2D eigenvalue weighted by molar-refractivity contribution is 0.299. The summed E-state index contributed by atoms with van der Waals surface area (Å²) in [4.78, 5) is 6.29. The minimum absolute atomic E-state index is 0. The van der Waals surface area contributed by atoms with Crippen LogP contribution < -0.4 is 5.73 Å². The fraction of sp³-hybridized carbons (Fsp3) is 0.333. The molecule has 7 heteroatoms. The molecule has 0 aliphatic carbocycles. The van der Waals surface area contributed by atoms with Crippen molar-refractivity contribution in [2.75, 3.05) is 7.05 Å². The summed E-state index contributed by atoms with van der Waals surface area (Å²) in [7, 11) is 2.01. The molecule has 2 rings (SSSR count). The Hall–Kier alpha value is -0.950. The Morgan fingerprint density at radius 3 is 2.79 bits per heavy atom. The van der Waals surface area contributed by atoms with Gasteiger partial charge in [0.25, 0.3) is 0 Å². The zero-order valence-corrected chi connectivity index (χ0v) is 12.9. The van der Waals surface area contributed by atoms with Crippen LogP contribution in [0.1, 0.15) is 17.3 Å². The van der Waals surface area contributed by atoms with Crippen LogP contribution >= 0.6 is 28.3 Å². The predicted octanol–water partition coefficient (Wildman–Crippen LogP) is 2.34. The topological polar surface area (TPSA) is 68.2 Å². The molecule has 0 unspecified atom stereocenters. The Morgan fingerprint density at radius 1 is 1.37 bits per heavy atom. The number of hydrogen-bond donors (Lipinski definition) is 1. The van der Waals surface area contributed by atoms with Crippen LogP contribution in [-0.2, 0) is 19.6 Å². The molecule has 0 atom stereocenters. The number of rotatable bonds is 5. The van der Waals surface area contributed by atoms with Gasteiger partial charge in [-0.2, -0.15) is 4.98 Å². The highest BCUT2D eigenvalue weighted by molar-refractivity contribution is 9.10. The first kappa shape index (κ1) is 16.1. The summed E-state index contributed by atoms with van der Waals surface area (Å²) in [6, 6.07) is 8.21. The first-order valence-corrected chi connectivity index (χ1v) is 6.41. The van der Waals surface area contributed by atoms with E-state index in [1.807, 2.05) is 19.2 Å². The minimum Gasteiger partial charge on any atom is -0.338 e. The number of nitrogens with two attached hydrogens (primary N) is 1. The van der Waals surface area contributed by atoms with E-state index in [1.54, 1.807) is 0 Å². The number of aromatic nitrogens is 2. The minimum atomic E-state index is 0. The van der Waals surface area contributed by atoms with E-state index in [0.717, 1.165) is 11.0 Å². The van der Waals surface area contributed by atoms with Gasteiger partial charge in [0.05, 0.1) is 13.1 Å². The van der Waals surface area contributed by atoms with E-state index in [9.17, 15) is 0 Å². The lowest BCUT2D eigenvalue weighted by Gasteiger charge is -2.14. The third kappa shape index (κ3) is 4.91. The third-order valence-corrected chi connectivity index (χ3v) is 2.93. The zero-order chi connectivity index (χ0) is 13.0. The Bertz CT molecular complexity index is 520. The molecule has 2 N–H and O–H groups in total. The molecule has 5 nitrogen and oxygen atoms in total. The molecule has 0 spiro atoms. The fourth-order valence-electron chi connectivity index (χ4n) is 1.68. The summed E-state index contributed by atoms with van der Waals surface area (Å²) in [6.07, 6.45) is 0. The van der Waals surface area contributed by atoms with Crippen molar-refractivity contribution in [3.8, 4) is 0 Å². The molecule has 1 aromatic heterocycles. The third-order valence-electron chi connectivity index (χ3n) is 2.44. The molecule has 0 saturated heterocycles. The van der Waals surface area contributed by atoms with Crippen LogP contribution in [0.15, 0.2) is 33.3 Å². The summed E-state index contributed by atoms with van der Waals surface area (Å²) in [5, 5.41) is 3.87. The number of nitrogens with zero attached hydrogens (tertiary/aromatic N) is 3. The van der Waals surface area contributed by atoms with E-state index in [1.165, 1.54) is 5.56 Å². The summed E-state index contributed by atoms with van der Waals surface area (Å²) in [5.74, 6) is 1.13. The van der Waals surface area contributed by atoms with Crippen molar-refractivity contribution >= 4 is 28.3 Å². The van der Waals surface area contributed by atoms with Crippen molar-refractivity contribution in [2.45, 2.75) is 19.6 Å². The highest BCUT2D eigenvalue weighted by Crippen LogP contribution is 2.13. The van der Waals surface area contributed by atoms with Gasteiger partial charge in [0, 0.05) is 11.0 Å². The van der Waals surface area contributed by atoms with Gasteiger partial charge in [-0.05, 0) is 24.7 Å². The van der Waals surface area contributed by atoms with E-state index < -0.39 is 0 Å². The standard InChI is InChI=1S/C12H15BrN4O.ClH/c1-17(7-9-3-2-4-10(13)5-9)8-11-15-12(6-14)18-16-11;/h2-5H,6-8,14H2,1H3;1H. The second-order valence-corrected chi connectivity index (χ2v) is 5.03. The fourth-order valence-corrected chi connectivity index (χ4v) is 2.13. The normalized spacial score (nSPS) is 10.5. The molecular formula is C12H16BrClN4O. The Balaban J connectivity index is 0.00000180. The molecule has 0 aliphatic heterocycles. The van der Waals surface area contributed by atoms with Crippen LogP contribution in [0.25, 0.3) is 0 Å². The second-order valence-electron chi connectivity index (χ2n) is 4.11. The van der Waals surface area contributed by atoms with E-state index in [0.29, 0.717) is 18.3 Å². The molecule has 0 saturated carbocycles. The van der Waals surface area contributed by atoms with E-state index >= 15 is 0 Å². The summed E-state index contributed by atoms with van der Waals surface area (Å²) >= 11 is 3.46. The van der Waals surface area contributed by atoms with Gasteiger partial charge in [0.2, 0.25) is 5.89 Å². The maximum atomic E-state index is 5.42. The van der Waals surface area contributed by atoms with Crippen LogP contribution in [0.4, 0.5) is 0 Å². The number of benzene rings is 1. The van der Waals surface area contributed by atoms with Gasteiger partial charge >= 0.3 is 0 Å². The molecule has 0 amide bonds. The average molecular weight is 348 g/mol. The molecule has 0 bridgehead atoms. The maximum Gasteiger partial charge on any atom is 0.240 e. The van der Waals surface area contributed by atoms with Gasteiger partial charge in [-0.1, -0.05) is 33.2 Å². The van der Waals surface area contributed by atoms with Gasteiger partial charge in [-0.15, -0.1) is 12.4 Å². The lowest BCUT2D eigenvalue weighted by Crippen LogP contribution is -2.18. The number of hydrogen-bond acceptors (Lipinski definition) is 5. The predicted molar refractivity (Wildman–Crippen MR) is 78.8 cm³/mol. The van der Waals surface area contributed by atoms with Crippen LogP contribution in [0.2, 0.25) is 0 Å². The molecule has 0 radical (unpaired) electrons. The zero-order valence-electron chi connectivity index (χ0n) is 10.5. The first-order valence-electron chi connectivity index (χ1n) is 5.62. The van der Waals surface area contributed by atoms with Gasteiger partial charge in [-0.25, -0.2) is 0 Å². The Kier molecular flexibility index (Phi) is 6.44. The molecule has 1 aromatic carbocycles. The van der Waals surface area contributed by atoms with Crippen molar-refractivity contribution < 1.29 is 4.52 Å².